The predicted octanol–water partition coefficient (Wildman–Crippen LogP) is -1.26. The number of nitrogens with two attached hydrogens (primary N) is 8. The minimum absolute atomic E-state index is 0.201. The van der Waals surface area contributed by atoms with E-state index in [1.54, 1.807) is 0 Å². The van der Waals surface area contributed by atoms with E-state index in [0.717, 1.165) is 51.4 Å². The van der Waals surface area contributed by atoms with Crippen LogP contribution in [0.1, 0.15) is 51.4 Å². The van der Waals surface area contributed by atoms with Crippen LogP contribution in [-0.2, 0) is 0 Å². The van der Waals surface area contributed by atoms with E-state index in [4.69, 9.17) is 45.9 Å². The summed E-state index contributed by atoms with van der Waals surface area (Å²) in [6.45, 7) is 5.56. The maximum atomic E-state index is 5.58. The van der Waals surface area contributed by atoms with Crippen LogP contribution in [-0.4, -0.2) is 52.4 Å². The van der Waals surface area contributed by atoms with Gasteiger partial charge in [-0.2, -0.15) is 0 Å². The number of rotatable bonds is 16. The fourth-order valence-corrected chi connectivity index (χ4v) is 3.95. The van der Waals surface area contributed by atoms with E-state index >= 15 is 0 Å². The minimum atomic E-state index is 0.201. The third kappa shape index (κ3) is 12.1. The minimum Gasteiger partial charge on any atom is -0.330 e. The second-order valence-electron chi connectivity index (χ2n) is 7.31. The van der Waals surface area contributed by atoms with Gasteiger partial charge in [0.1, 0.15) is 0 Å². The van der Waals surface area contributed by atoms with Crippen molar-refractivity contribution in [1.82, 2.24) is 0 Å². The third-order valence-corrected chi connectivity index (χ3v) is 5.40. The Balaban J connectivity index is 0. The lowest BCUT2D eigenvalue weighted by Crippen LogP contribution is -2.32. The van der Waals surface area contributed by atoms with Gasteiger partial charge in [-0.1, -0.05) is 0 Å². The summed E-state index contributed by atoms with van der Waals surface area (Å²) >= 11 is 0. The van der Waals surface area contributed by atoms with Crippen LogP contribution in [0.4, 0.5) is 0 Å². The van der Waals surface area contributed by atoms with Crippen LogP contribution in [0.15, 0.2) is 0 Å². The van der Waals surface area contributed by atoms with Crippen molar-refractivity contribution >= 4 is 0 Å². The van der Waals surface area contributed by atoms with Crippen molar-refractivity contribution in [2.75, 3.05) is 52.4 Å². The Morgan fingerprint density at radius 1 is 0.269 bits per heavy atom. The maximum Gasteiger partial charge on any atom is -0.00720 e. The quantitative estimate of drug-likeness (QED) is 0.162. The van der Waals surface area contributed by atoms with Crippen LogP contribution < -0.4 is 45.9 Å². The van der Waals surface area contributed by atoms with Gasteiger partial charge in [0, 0.05) is 0 Å². The van der Waals surface area contributed by atoms with Crippen molar-refractivity contribution in [1.29, 1.82) is 0 Å². The van der Waals surface area contributed by atoms with Gasteiger partial charge < -0.3 is 45.9 Å². The molecule has 0 unspecified atom stereocenters. The smallest absolute Gasteiger partial charge is 0.00720 e. The zero-order chi connectivity index (χ0) is 20.3. The van der Waals surface area contributed by atoms with Crippen molar-refractivity contribution in [2.45, 2.75) is 51.4 Å². The van der Waals surface area contributed by atoms with Gasteiger partial charge in [-0.15, -0.1) is 0 Å². The first-order valence-electron chi connectivity index (χ1n) is 10.1. The van der Waals surface area contributed by atoms with E-state index in [2.05, 4.69) is 0 Å². The Hall–Kier alpha value is -0.320. The molecule has 0 spiro atoms. The Labute approximate surface area is 161 Å². The lowest BCUT2D eigenvalue weighted by molar-refractivity contribution is 0.215. The topological polar surface area (TPSA) is 208 Å². The molecular formula is C18H48N8. The van der Waals surface area contributed by atoms with Crippen LogP contribution in [0.3, 0.4) is 0 Å². The van der Waals surface area contributed by atoms with Crippen molar-refractivity contribution in [3.05, 3.63) is 0 Å². The molecule has 0 radical (unpaired) electrons. The molecule has 8 heteroatoms. The molecule has 0 rings (SSSR count). The molecule has 26 heavy (non-hydrogen) atoms. The lowest BCUT2D eigenvalue weighted by Gasteiger charge is -2.32. The normalized spacial score (nSPS) is 12.0. The summed E-state index contributed by atoms with van der Waals surface area (Å²) in [6.07, 6.45) is 7.88. The van der Waals surface area contributed by atoms with Crippen molar-refractivity contribution in [3.8, 4) is 0 Å². The van der Waals surface area contributed by atoms with Crippen LogP contribution >= 0.6 is 0 Å². The SMILES string of the molecule is NCCC(CCN)(CCN)CCN.NCCC(CCN)(CCN)CCN. The molecule has 0 fully saturated rings. The van der Waals surface area contributed by atoms with Crippen molar-refractivity contribution in [3.63, 3.8) is 0 Å². The third-order valence-electron chi connectivity index (χ3n) is 5.40. The summed E-state index contributed by atoms with van der Waals surface area (Å²) in [5.74, 6) is 0. The molecule has 160 valence electrons. The van der Waals surface area contributed by atoms with Crippen LogP contribution in [0.5, 0.6) is 0 Å². The molecule has 0 aromatic rings. The van der Waals surface area contributed by atoms with E-state index in [-0.39, 0.29) is 10.8 Å². The highest BCUT2D eigenvalue weighted by Gasteiger charge is 2.27. The highest BCUT2D eigenvalue weighted by atomic mass is 14.6. The molecule has 16 N–H and O–H groups in total. The Kier molecular flexibility index (Phi) is 19.4. The van der Waals surface area contributed by atoms with E-state index in [1.807, 2.05) is 0 Å². The summed E-state index contributed by atoms with van der Waals surface area (Å²) in [5.41, 5.74) is 45.1. The van der Waals surface area contributed by atoms with Gasteiger partial charge in [0.25, 0.3) is 0 Å². The Morgan fingerprint density at radius 3 is 0.462 bits per heavy atom. The predicted molar refractivity (Wildman–Crippen MR) is 114 cm³/mol. The lowest BCUT2D eigenvalue weighted by atomic mass is 9.75. The zero-order valence-corrected chi connectivity index (χ0v) is 16.9. The monoisotopic (exact) mass is 376 g/mol. The summed E-state index contributed by atoms with van der Waals surface area (Å²) < 4.78 is 0. The second-order valence-corrected chi connectivity index (χ2v) is 7.31. The number of hydrogen-bond donors (Lipinski definition) is 8. The van der Waals surface area contributed by atoms with E-state index in [1.165, 1.54) is 0 Å². The average molecular weight is 377 g/mol. The Bertz CT molecular complexity index is 201. The van der Waals surface area contributed by atoms with E-state index < -0.39 is 0 Å². The average Bonchev–Trinajstić information content (AvgIpc) is 2.57. The second kappa shape index (κ2) is 18.1. The molecule has 0 saturated carbocycles. The summed E-state index contributed by atoms with van der Waals surface area (Å²) in [4.78, 5) is 0. The molecule has 8 nitrogen and oxygen atoms in total. The van der Waals surface area contributed by atoms with Gasteiger partial charge in [-0.25, -0.2) is 0 Å². The highest BCUT2D eigenvalue weighted by molar-refractivity contribution is 4.82. The maximum absolute atomic E-state index is 5.58. The summed E-state index contributed by atoms with van der Waals surface area (Å²) in [5, 5.41) is 0. The van der Waals surface area contributed by atoms with Gasteiger partial charge in [0.2, 0.25) is 0 Å². The van der Waals surface area contributed by atoms with Gasteiger partial charge >= 0.3 is 0 Å². The largest absolute Gasteiger partial charge is 0.330 e. The van der Waals surface area contributed by atoms with Crippen LogP contribution in [0.2, 0.25) is 0 Å². The molecule has 0 atom stereocenters. The van der Waals surface area contributed by atoms with Crippen molar-refractivity contribution < 1.29 is 0 Å². The standard InChI is InChI=1S/2C9H24N4/c2*10-5-1-9(2-6-11,3-7-12)4-8-13/h2*1-8,10-13H2. The van der Waals surface area contributed by atoms with Crippen LogP contribution in [0, 0.1) is 10.8 Å². The summed E-state index contributed by atoms with van der Waals surface area (Å²) in [6, 6.07) is 0. The van der Waals surface area contributed by atoms with Gasteiger partial charge in [-0.3, -0.25) is 0 Å². The molecule has 0 amide bonds. The fourth-order valence-electron chi connectivity index (χ4n) is 3.95. The summed E-state index contributed by atoms with van der Waals surface area (Å²) in [7, 11) is 0. The van der Waals surface area contributed by atoms with Crippen molar-refractivity contribution in [2.24, 2.45) is 56.7 Å². The fraction of sp³-hybridized carbons (Fsp3) is 1.00. The van der Waals surface area contributed by atoms with E-state index in [0.29, 0.717) is 52.4 Å². The molecule has 0 aliphatic heterocycles. The molecule has 0 heterocycles. The first kappa shape index (κ1) is 27.9. The van der Waals surface area contributed by atoms with E-state index in [9.17, 15) is 0 Å². The first-order valence-corrected chi connectivity index (χ1v) is 10.1. The van der Waals surface area contributed by atoms with Gasteiger partial charge in [0.05, 0.1) is 0 Å². The van der Waals surface area contributed by atoms with Gasteiger partial charge in [-0.05, 0) is 115 Å². The molecule has 0 aromatic carbocycles. The molecular weight excluding hydrogens is 328 g/mol. The molecule has 0 aromatic heterocycles. The molecule has 0 bridgehead atoms. The number of hydrogen-bond acceptors (Lipinski definition) is 8. The zero-order valence-electron chi connectivity index (χ0n) is 16.9. The molecule has 0 saturated heterocycles. The first-order chi connectivity index (χ1) is 12.5. The molecule has 0 aliphatic rings. The van der Waals surface area contributed by atoms with Gasteiger partial charge in [0.15, 0.2) is 0 Å². The molecule has 0 aliphatic carbocycles. The van der Waals surface area contributed by atoms with Crippen LogP contribution in [0.25, 0.3) is 0 Å². The Morgan fingerprint density at radius 2 is 0.385 bits per heavy atom. The highest BCUT2D eigenvalue weighted by Crippen LogP contribution is 2.33.